The van der Waals surface area contributed by atoms with Crippen molar-refractivity contribution in [2.45, 2.75) is 20.3 Å². The number of rotatable bonds is 7. The first-order valence-electron chi connectivity index (χ1n) is 10.2. The number of aromatic nitrogens is 3. The van der Waals surface area contributed by atoms with Gasteiger partial charge in [0.25, 0.3) is 0 Å². The third-order valence-electron chi connectivity index (χ3n) is 5.20. The second-order valence-corrected chi connectivity index (χ2v) is 9.53. The highest BCUT2D eigenvalue weighted by Gasteiger charge is 2.26. The van der Waals surface area contributed by atoms with Crippen molar-refractivity contribution in [3.05, 3.63) is 76.9 Å². The van der Waals surface area contributed by atoms with Crippen LogP contribution in [0.5, 0.6) is 0 Å². The molecule has 0 aliphatic rings. The quantitative estimate of drug-likeness (QED) is 0.366. The molecule has 0 aliphatic heterocycles. The average molecular weight is 488 g/mol. The summed E-state index contributed by atoms with van der Waals surface area (Å²) < 4.78 is 68.8. The van der Waals surface area contributed by atoms with Gasteiger partial charge < -0.3 is 0 Å². The molecule has 0 bridgehead atoms. The molecule has 11 heteroatoms. The number of halogens is 3. The van der Waals surface area contributed by atoms with Crippen molar-refractivity contribution >= 4 is 32.5 Å². The van der Waals surface area contributed by atoms with E-state index in [1.807, 2.05) is 4.72 Å². The van der Waals surface area contributed by atoms with Crippen molar-refractivity contribution in [3.63, 3.8) is 0 Å². The van der Waals surface area contributed by atoms with Gasteiger partial charge in [-0.25, -0.2) is 26.6 Å². The van der Waals surface area contributed by atoms with Gasteiger partial charge in [0, 0.05) is 11.8 Å². The maximum atomic E-state index is 15.1. The third-order valence-corrected chi connectivity index (χ3v) is 6.66. The fourth-order valence-corrected chi connectivity index (χ4v) is 4.74. The highest BCUT2D eigenvalue weighted by Crippen LogP contribution is 2.30. The normalized spacial score (nSPS) is 11.7. The number of benzene rings is 2. The number of sulfonamides is 1. The number of fused-ring (bicyclic) bond motifs is 1. The van der Waals surface area contributed by atoms with Crippen molar-refractivity contribution < 1.29 is 26.4 Å². The van der Waals surface area contributed by atoms with Crippen LogP contribution in [0, 0.1) is 24.4 Å². The Morgan fingerprint density at radius 2 is 1.88 bits per heavy atom. The van der Waals surface area contributed by atoms with E-state index in [4.69, 9.17) is 0 Å². The number of carbonyl (C=O) groups is 1. The molecule has 0 atom stereocenters. The van der Waals surface area contributed by atoms with Gasteiger partial charge in [-0.1, -0.05) is 13.0 Å². The molecule has 2 aromatic heterocycles. The Labute approximate surface area is 193 Å². The standard InChI is InChI=1S/C23H19F3N4O3S/c1-3-8-34(32,33)30-21-18(25)7-6-16(19(21)26)22(31)20-17-10-13(11-27-23(17)29-28-20)15-5-4-14(24)9-12(15)2/h4-7,9-11,30H,3,8H2,1-2H3,(H,27,28,29). The molecule has 7 nitrogen and oxygen atoms in total. The summed E-state index contributed by atoms with van der Waals surface area (Å²) in [5.41, 5.74) is 0.470. The number of carbonyl (C=O) groups excluding carboxylic acids is 1. The van der Waals surface area contributed by atoms with Crippen LogP contribution in [0.25, 0.3) is 22.2 Å². The summed E-state index contributed by atoms with van der Waals surface area (Å²) in [7, 11) is -4.00. The Kier molecular flexibility index (Phi) is 6.13. The number of nitrogens with zero attached hydrogens (tertiary/aromatic N) is 2. The molecular weight excluding hydrogens is 469 g/mol. The third kappa shape index (κ3) is 4.38. The molecule has 4 rings (SSSR count). The molecule has 0 amide bonds. The lowest BCUT2D eigenvalue weighted by molar-refractivity contribution is 0.103. The lowest BCUT2D eigenvalue weighted by Crippen LogP contribution is -2.19. The smallest absolute Gasteiger partial charge is 0.232 e. The van der Waals surface area contributed by atoms with E-state index in [2.05, 4.69) is 15.2 Å². The SMILES string of the molecule is CCCS(=O)(=O)Nc1c(F)ccc(C(=O)c2n[nH]c3ncc(-c4ccc(F)cc4C)cc23)c1F. The molecule has 2 aromatic carbocycles. The number of hydrogen-bond acceptors (Lipinski definition) is 5. The van der Waals surface area contributed by atoms with Crippen LogP contribution in [-0.4, -0.2) is 35.1 Å². The Balaban J connectivity index is 1.78. The second kappa shape index (κ2) is 8.90. The lowest BCUT2D eigenvalue weighted by Gasteiger charge is -2.11. The monoisotopic (exact) mass is 488 g/mol. The van der Waals surface area contributed by atoms with Crippen molar-refractivity contribution in [2.75, 3.05) is 10.5 Å². The molecule has 0 saturated carbocycles. The van der Waals surface area contributed by atoms with E-state index in [0.29, 0.717) is 16.7 Å². The first-order chi connectivity index (χ1) is 16.1. The number of hydrogen-bond donors (Lipinski definition) is 2. The number of anilines is 1. The molecule has 0 saturated heterocycles. The Morgan fingerprint density at radius 3 is 2.59 bits per heavy atom. The summed E-state index contributed by atoms with van der Waals surface area (Å²) in [6, 6.07) is 7.56. The number of nitrogens with one attached hydrogen (secondary N) is 2. The van der Waals surface area contributed by atoms with E-state index in [1.165, 1.54) is 18.3 Å². The van der Waals surface area contributed by atoms with Crippen molar-refractivity contribution in [1.29, 1.82) is 0 Å². The first kappa shape index (κ1) is 23.4. The zero-order chi connectivity index (χ0) is 24.6. The average Bonchev–Trinajstić information content (AvgIpc) is 3.19. The summed E-state index contributed by atoms with van der Waals surface area (Å²) in [5.74, 6) is -4.14. The van der Waals surface area contributed by atoms with E-state index in [0.717, 1.165) is 12.1 Å². The summed E-state index contributed by atoms with van der Waals surface area (Å²) in [5, 5.41) is 6.80. The maximum Gasteiger partial charge on any atom is 0.232 e. The molecule has 0 unspecified atom stereocenters. The van der Waals surface area contributed by atoms with Crippen LogP contribution in [0.2, 0.25) is 0 Å². The number of H-pyrrole nitrogens is 1. The van der Waals surface area contributed by atoms with Gasteiger partial charge in [-0.3, -0.25) is 14.6 Å². The second-order valence-electron chi connectivity index (χ2n) is 7.69. The molecule has 4 aromatic rings. The van der Waals surface area contributed by atoms with Crippen LogP contribution in [0.1, 0.15) is 35.0 Å². The highest BCUT2D eigenvalue weighted by atomic mass is 32.2. The topological polar surface area (TPSA) is 105 Å². The van der Waals surface area contributed by atoms with Crippen LogP contribution >= 0.6 is 0 Å². The minimum Gasteiger partial charge on any atom is -0.287 e. The molecule has 2 N–H and O–H groups in total. The van der Waals surface area contributed by atoms with Gasteiger partial charge in [-0.05, 0) is 54.8 Å². The van der Waals surface area contributed by atoms with E-state index in [9.17, 15) is 22.0 Å². The molecular formula is C23H19F3N4O3S. The molecule has 0 spiro atoms. The highest BCUT2D eigenvalue weighted by molar-refractivity contribution is 7.92. The first-order valence-corrected chi connectivity index (χ1v) is 11.9. The zero-order valence-corrected chi connectivity index (χ0v) is 18.9. The Hall–Kier alpha value is -3.73. The molecule has 0 fully saturated rings. The van der Waals surface area contributed by atoms with E-state index < -0.39 is 44.5 Å². The maximum absolute atomic E-state index is 15.1. The summed E-state index contributed by atoms with van der Waals surface area (Å²) >= 11 is 0. The fourth-order valence-electron chi connectivity index (χ4n) is 3.60. The number of aromatic amines is 1. The number of aryl methyl sites for hydroxylation is 1. The van der Waals surface area contributed by atoms with Gasteiger partial charge in [0.15, 0.2) is 11.5 Å². The van der Waals surface area contributed by atoms with Crippen molar-refractivity contribution in [2.24, 2.45) is 0 Å². The van der Waals surface area contributed by atoms with Gasteiger partial charge in [-0.15, -0.1) is 0 Å². The van der Waals surface area contributed by atoms with Crippen LogP contribution in [-0.2, 0) is 10.0 Å². The summed E-state index contributed by atoms with van der Waals surface area (Å²) in [4.78, 5) is 17.4. The molecule has 34 heavy (non-hydrogen) atoms. The van der Waals surface area contributed by atoms with E-state index in [-0.39, 0.29) is 28.9 Å². The molecule has 2 heterocycles. The van der Waals surface area contributed by atoms with E-state index >= 15 is 4.39 Å². The van der Waals surface area contributed by atoms with Gasteiger partial charge in [-0.2, -0.15) is 5.10 Å². The Morgan fingerprint density at radius 1 is 1.12 bits per heavy atom. The predicted octanol–water partition coefficient (Wildman–Crippen LogP) is 4.73. The molecule has 176 valence electrons. The van der Waals surface area contributed by atoms with Crippen molar-refractivity contribution in [1.82, 2.24) is 15.2 Å². The number of pyridine rings is 1. The van der Waals surface area contributed by atoms with Crippen LogP contribution < -0.4 is 4.72 Å². The van der Waals surface area contributed by atoms with Gasteiger partial charge in [0.05, 0.1) is 16.7 Å². The minimum atomic E-state index is -4.00. The van der Waals surface area contributed by atoms with Crippen molar-refractivity contribution in [3.8, 4) is 11.1 Å². The molecule has 0 radical (unpaired) electrons. The van der Waals surface area contributed by atoms with Gasteiger partial charge in [0.1, 0.15) is 23.0 Å². The van der Waals surface area contributed by atoms with Crippen LogP contribution in [0.3, 0.4) is 0 Å². The van der Waals surface area contributed by atoms with Gasteiger partial charge >= 0.3 is 0 Å². The van der Waals surface area contributed by atoms with Gasteiger partial charge in [0.2, 0.25) is 15.8 Å². The summed E-state index contributed by atoms with van der Waals surface area (Å²) in [6.45, 7) is 3.32. The minimum absolute atomic E-state index is 0.183. The predicted molar refractivity (Wildman–Crippen MR) is 122 cm³/mol. The molecule has 0 aliphatic carbocycles. The fraction of sp³-hybridized carbons (Fsp3) is 0.174. The van der Waals surface area contributed by atoms with Crippen LogP contribution in [0.15, 0.2) is 42.6 Å². The number of ketones is 1. The summed E-state index contributed by atoms with van der Waals surface area (Å²) in [6.07, 6.45) is 1.76. The Bertz CT molecular complexity index is 1530. The zero-order valence-electron chi connectivity index (χ0n) is 18.1. The lowest BCUT2D eigenvalue weighted by atomic mass is 9.99. The van der Waals surface area contributed by atoms with Crippen LogP contribution in [0.4, 0.5) is 18.9 Å². The van der Waals surface area contributed by atoms with E-state index in [1.54, 1.807) is 26.0 Å². The largest absolute Gasteiger partial charge is 0.287 e.